The van der Waals surface area contributed by atoms with Gasteiger partial charge >= 0.3 is 0 Å². The average Bonchev–Trinajstić information content (AvgIpc) is 3.13. The molecule has 1 saturated heterocycles. The molecule has 1 aliphatic heterocycles. The fourth-order valence-corrected chi connectivity index (χ4v) is 3.42. The van der Waals surface area contributed by atoms with Crippen LogP contribution in [0.15, 0.2) is 42.5 Å². The summed E-state index contributed by atoms with van der Waals surface area (Å²) in [5.74, 6) is -0.635. The Balaban J connectivity index is 1.68. The zero-order chi connectivity index (χ0) is 19.2. The third-order valence-electron chi connectivity index (χ3n) is 4.90. The Hall–Kier alpha value is -2.24. The van der Waals surface area contributed by atoms with Crippen LogP contribution in [0.2, 0.25) is 0 Å². The number of hydrogen-bond acceptors (Lipinski definition) is 3. The summed E-state index contributed by atoms with van der Waals surface area (Å²) in [6.45, 7) is 6.28. The van der Waals surface area contributed by atoms with E-state index in [0.29, 0.717) is 13.1 Å². The predicted molar refractivity (Wildman–Crippen MR) is 105 cm³/mol. The molecule has 144 valence electrons. The van der Waals surface area contributed by atoms with Gasteiger partial charge in [-0.1, -0.05) is 30.3 Å². The molecule has 1 N–H and O–H groups in total. The number of halogens is 1. The van der Waals surface area contributed by atoms with Crippen LogP contribution in [0.4, 0.5) is 10.1 Å². The number of hydrogen-bond donors (Lipinski definition) is 1. The van der Waals surface area contributed by atoms with Crippen molar-refractivity contribution in [2.75, 3.05) is 25.0 Å². The molecule has 0 unspecified atom stereocenters. The quantitative estimate of drug-likeness (QED) is 0.799. The Kier molecular flexibility index (Phi) is 6.58. The smallest absolute Gasteiger partial charge is 0.238 e. The number of anilines is 1. The number of benzene rings is 2. The van der Waals surface area contributed by atoms with Gasteiger partial charge in [0.05, 0.1) is 18.3 Å². The van der Waals surface area contributed by atoms with Crippen LogP contribution in [0.3, 0.4) is 0 Å². The van der Waals surface area contributed by atoms with Gasteiger partial charge in [-0.25, -0.2) is 4.39 Å². The summed E-state index contributed by atoms with van der Waals surface area (Å²) in [6.07, 6.45) is 2.22. The van der Waals surface area contributed by atoms with E-state index in [1.807, 2.05) is 19.1 Å². The zero-order valence-corrected chi connectivity index (χ0v) is 16.0. The molecule has 1 atom stereocenters. The fraction of sp³-hybridized carbons (Fsp3) is 0.409. The Morgan fingerprint density at radius 3 is 2.81 bits per heavy atom. The number of nitrogens with one attached hydrogen (secondary N) is 1. The van der Waals surface area contributed by atoms with Gasteiger partial charge in [-0.05, 0) is 55.5 Å². The predicted octanol–water partition coefficient (Wildman–Crippen LogP) is 4.06. The van der Waals surface area contributed by atoms with E-state index in [2.05, 4.69) is 29.3 Å². The van der Waals surface area contributed by atoms with Crippen molar-refractivity contribution in [3.8, 4) is 0 Å². The summed E-state index contributed by atoms with van der Waals surface area (Å²) < 4.78 is 19.7. The molecular weight excluding hydrogens is 343 g/mol. The topological polar surface area (TPSA) is 41.6 Å². The second-order valence-corrected chi connectivity index (χ2v) is 7.26. The Labute approximate surface area is 160 Å². The van der Waals surface area contributed by atoms with E-state index in [4.69, 9.17) is 4.74 Å². The van der Waals surface area contributed by atoms with E-state index in [0.717, 1.165) is 25.0 Å². The highest BCUT2D eigenvalue weighted by Gasteiger charge is 2.22. The third-order valence-corrected chi connectivity index (χ3v) is 4.90. The molecule has 2 aromatic rings. The first-order valence-electron chi connectivity index (χ1n) is 9.46. The Bertz CT molecular complexity index is 788. The van der Waals surface area contributed by atoms with E-state index < -0.39 is 5.82 Å². The van der Waals surface area contributed by atoms with E-state index in [-0.39, 0.29) is 24.2 Å². The van der Waals surface area contributed by atoms with Crippen molar-refractivity contribution >= 4 is 11.6 Å². The average molecular weight is 370 g/mol. The first-order chi connectivity index (χ1) is 13.0. The number of amides is 1. The number of ether oxygens (including phenoxy) is 1. The maximum atomic E-state index is 13.9. The van der Waals surface area contributed by atoms with Crippen LogP contribution in [-0.4, -0.2) is 36.6 Å². The molecule has 0 aliphatic carbocycles. The normalized spacial score (nSPS) is 16.7. The fourth-order valence-electron chi connectivity index (χ4n) is 3.42. The standard InChI is InChI=1S/C22H27FN2O2/c1-16-9-10-20(23)21(12-16)24-22(26)15-25(14-19-8-5-11-27-19)13-18-7-4-3-6-17(18)2/h3-4,6-7,9-10,12,19H,5,8,11,13-15H2,1-2H3,(H,24,26)/t19-/m1/s1. The number of aryl methyl sites for hydroxylation is 2. The van der Waals surface area contributed by atoms with E-state index in [1.165, 1.54) is 17.2 Å². The molecule has 2 aromatic carbocycles. The van der Waals surface area contributed by atoms with Gasteiger partial charge in [-0.15, -0.1) is 0 Å². The van der Waals surface area contributed by atoms with Gasteiger partial charge in [0.15, 0.2) is 0 Å². The van der Waals surface area contributed by atoms with Crippen molar-refractivity contribution in [2.24, 2.45) is 0 Å². The minimum Gasteiger partial charge on any atom is -0.377 e. The van der Waals surface area contributed by atoms with Crippen molar-refractivity contribution < 1.29 is 13.9 Å². The van der Waals surface area contributed by atoms with Gasteiger partial charge in [0.25, 0.3) is 0 Å². The van der Waals surface area contributed by atoms with Crippen LogP contribution in [0.25, 0.3) is 0 Å². The van der Waals surface area contributed by atoms with Crippen molar-refractivity contribution in [3.63, 3.8) is 0 Å². The molecule has 0 aromatic heterocycles. The second kappa shape index (κ2) is 9.11. The molecule has 1 amide bonds. The van der Waals surface area contributed by atoms with Crippen LogP contribution in [-0.2, 0) is 16.1 Å². The summed E-state index contributed by atoms with van der Waals surface area (Å²) >= 11 is 0. The van der Waals surface area contributed by atoms with Gasteiger partial charge in [0.2, 0.25) is 5.91 Å². The first-order valence-corrected chi connectivity index (χ1v) is 9.46. The number of rotatable bonds is 7. The van der Waals surface area contributed by atoms with Gasteiger partial charge in [-0.3, -0.25) is 9.69 Å². The van der Waals surface area contributed by atoms with Crippen LogP contribution >= 0.6 is 0 Å². The van der Waals surface area contributed by atoms with Gasteiger partial charge in [0, 0.05) is 19.7 Å². The summed E-state index contributed by atoms with van der Waals surface area (Å²) in [7, 11) is 0. The molecule has 1 heterocycles. The van der Waals surface area contributed by atoms with E-state index in [1.54, 1.807) is 12.1 Å². The zero-order valence-electron chi connectivity index (χ0n) is 16.0. The van der Waals surface area contributed by atoms with Crippen LogP contribution in [0.1, 0.15) is 29.5 Å². The third kappa shape index (κ3) is 5.62. The lowest BCUT2D eigenvalue weighted by Crippen LogP contribution is -2.38. The van der Waals surface area contributed by atoms with Gasteiger partial charge in [-0.2, -0.15) is 0 Å². The molecule has 4 nitrogen and oxygen atoms in total. The molecule has 0 saturated carbocycles. The van der Waals surface area contributed by atoms with Crippen LogP contribution in [0, 0.1) is 19.7 Å². The minimum atomic E-state index is -0.418. The van der Waals surface area contributed by atoms with Crippen molar-refractivity contribution in [1.82, 2.24) is 4.90 Å². The lowest BCUT2D eigenvalue weighted by atomic mass is 10.1. The molecular formula is C22H27FN2O2. The lowest BCUT2D eigenvalue weighted by molar-refractivity contribution is -0.117. The molecule has 1 fully saturated rings. The largest absolute Gasteiger partial charge is 0.377 e. The van der Waals surface area contributed by atoms with Crippen molar-refractivity contribution in [1.29, 1.82) is 0 Å². The summed E-state index contributed by atoms with van der Waals surface area (Å²) in [5, 5.41) is 2.71. The highest BCUT2D eigenvalue weighted by Crippen LogP contribution is 2.18. The van der Waals surface area contributed by atoms with Crippen LogP contribution < -0.4 is 5.32 Å². The van der Waals surface area contributed by atoms with Crippen molar-refractivity contribution in [2.45, 2.75) is 39.3 Å². The first kappa shape index (κ1) is 19.5. The SMILES string of the molecule is Cc1ccc(F)c(NC(=O)CN(Cc2ccccc2C)C[C@H]2CCCO2)c1. The Morgan fingerprint density at radius 2 is 2.07 bits per heavy atom. The molecule has 0 spiro atoms. The summed E-state index contributed by atoms with van der Waals surface area (Å²) in [5.41, 5.74) is 3.51. The molecule has 5 heteroatoms. The van der Waals surface area contributed by atoms with Crippen LogP contribution in [0.5, 0.6) is 0 Å². The maximum absolute atomic E-state index is 13.9. The Morgan fingerprint density at radius 1 is 1.26 bits per heavy atom. The minimum absolute atomic E-state index is 0.150. The molecule has 0 bridgehead atoms. The molecule has 1 aliphatic rings. The van der Waals surface area contributed by atoms with Gasteiger partial charge in [0.1, 0.15) is 5.82 Å². The monoisotopic (exact) mass is 370 g/mol. The molecule has 3 rings (SSSR count). The van der Waals surface area contributed by atoms with Gasteiger partial charge < -0.3 is 10.1 Å². The van der Waals surface area contributed by atoms with Crippen molar-refractivity contribution in [3.05, 3.63) is 65.0 Å². The summed E-state index contributed by atoms with van der Waals surface area (Å²) in [6, 6.07) is 12.9. The summed E-state index contributed by atoms with van der Waals surface area (Å²) in [4.78, 5) is 14.7. The maximum Gasteiger partial charge on any atom is 0.238 e. The number of nitrogens with zero attached hydrogens (tertiary/aromatic N) is 1. The number of carbonyl (C=O) groups is 1. The highest BCUT2D eigenvalue weighted by molar-refractivity contribution is 5.92. The number of carbonyl (C=O) groups excluding carboxylic acids is 1. The lowest BCUT2D eigenvalue weighted by Gasteiger charge is -2.25. The highest BCUT2D eigenvalue weighted by atomic mass is 19.1. The van der Waals surface area contributed by atoms with E-state index >= 15 is 0 Å². The molecule has 27 heavy (non-hydrogen) atoms. The second-order valence-electron chi connectivity index (χ2n) is 7.26. The van der Waals surface area contributed by atoms with E-state index in [9.17, 15) is 9.18 Å². The molecule has 0 radical (unpaired) electrons.